The average molecular weight is 370 g/mol. The minimum absolute atomic E-state index is 0.203. The molecule has 0 amide bonds. The summed E-state index contributed by atoms with van der Waals surface area (Å²) in [6.07, 6.45) is 2.31. The zero-order chi connectivity index (χ0) is 18.3. The van der Waals surface area contributed by atoms with Crippen molar-refractivity contribution in [2.24, 2.45) is 0 Å². The van der Waals surface area contributed by atoms with E-state index in [1.807, 2.05) is 10.7 Å². The van der Waals surface area contributed by atoms with Crippen LogP contribution in [0.25, 0.3) is 22.1 Å². The van der Waals surface area contributed by atoms with Crippen molar-refractivity contribution in [3.8, 4) is 27.8 Å². The van der Waals surface area contributed by atoms with E-state index in [0.29, 0.717) is 17.9 Å². The zero-order valence-electron chi connectivity index (χ0n) is 14.7. The molecule has 8 heteroatoms. The van der Waals surface area contributed by atoms with Gasteiger partial charge in [-0.3, -0.25) is 0 Å². The molecule has 26 heavy (non-hydrogen) atoms. The Labute approximate surface area is 154 Å². The third-order valence-electron chi connectivity index (χ3n) is 4.20. The van der Waals surface area contributed by atoms with Crippen LogP contribution in [0.1, 0.15) is 35.1 Å². The standard InChI is InChI=1S/C18H18N4O3S/c1-10(2)22-16(19-9-20-22)17-21-15-12-5-4-11(18(23)24-3)8-13(12)25-7-6-14(15)26-17/h4-5,8-10H,6-7H2,1-3H3. The second-order valence-electron chi connectivity index (χ2n) is 6.21. The van der Waals surface area contributed by atoms with E-state index in [2.05, 4.69) is 23.9 Å². The number of esters is 1. The van der Waals surface area contributed by atoms with Crippen molar-refractivity contribution >= 4 is 17.3 Å². The normalized spacial score (nSPS) is 12.9. The van der Waals surface area contributed by atoms with Crippen LogP contribution in [0.3, 0.4) is 0 Å². The van der Waals surface area contributed by atoms with E-state index in [0.717, 1.165) is 33.4 Å². The van der Waals surface area contributed by atoms with Crippen molar-refractivity contribution in [1.82, 2.24) is 19.7 Å². The van der Waals surface area contributed by atoms with Crippen LogP contribution in [-0.2, 0) is 11.2 Å². The molecule has 1 aliphatic heterocycles. The number of hydrogen-bond donors (Lipinski definition) is 0. The molecule has 0 saturated heterocycles. The Hall–Kier alpha value is -2.74. The fourth-order valence-electron chi connectivity index (χ4n) is 2.94. The molecule has 0 atom stereocenters. The Kier molecular flexibility index (Phi) is 4.20. The van der Waals surface area contributed by atoms with Gasteiger partial charge in [-0.2, -0.15) is 5.10 Å². The van der Waals surface area contributed by atoms with Crippen LogP contribution in [0.2, 0.25) is 0 Å². The highest BCUT2D eigenvalue weighted by Crippen LogP contribution is 2.40. The van der Waals surface area contributed by atoms with Crippen LogP contribution in [0, 0.1) is 0 Å². The average Bonchev–Trinajstić information content (AvgIpc) is 3.25. The summed E-state index contributed by atoms with van der Waals surface area (Å²) in [6, 6.07) is 5.52. The molecular weight excluding hydrogens is 352 g/mol. The molecule has 0 fully saturated rings. The summed E-state index contributed by atoms with van der Waals surface area (Å²) in [7, 11) is 1.37. The van der Waals surface area contributed by atoms with Gasteiger partial charge in [0, 0.05) is 22.9 Å². The molecule has 4 rings (SSSR count). The summed E-state index contributed by atoms with van der Waals surface area (Å²) in [4.78, 5) is 22.1. The molecule has 1 aromatic carbocycles. The first-order valence-electron chi connectivity index (χ1n) is 8.33. The summed E-state index contributed by atoms with van der Waals surface area (Å²) in [6.45, 7) is 4.66. The number of carbonyl (C=O) groups excluding carboxylic acids is 1. The summed E-state index contributed by atoms with van der Waals surface area (Å²) < 4.78 is 12.5. The summed E-state index contributed by atoms with van der Waals surface area (Å²) >= 11 is 1.61. The van der Waals surface area contributed by atoms with Gasteiger partial charge >= 0.3 is 5.97 Å². The maximum absolute atomic E-state index is 11.8. The topological polar surface area (TPSA) is 79.1 Å². The van der Waals surface area contributed by atoms with Crippen molar-refractivity contribution in [2.45, 2.75) is 26.3 Å². The lowest BCUT2D eigenvalue weighted by atomic mass is 10.1. The van der Waals surface area contributed by atoms with Crippen LogP contribution in [-0.4, -0.2) is 39.4 Å². The maximum atomic E-state index is 11.8. The minimum Gasteiger partial charge on any atom is -0.492 e. The largest absolute Gasteiger partial charge is 0.492 e. The first-order chi connectivity index (χ1) is 12.6. The number of methoxy groups -OCH3 is 1. The van der Waals surface area contributed by atoms with E-state index in [9.17, 15) is 4.79 Å². The molecule has 3 heterocycles. The lowest BCUT2D eigenvalue weighted by Gasteiger charge is -2.09. The Morgan fingerprint density at radius 1 is 1.38 bits per heavy atom. The number of rotatable bonds is 3. The van der Waals surface area contributed by atoms with Crippen molar-refractivity contribution in [3.63, 3.8) is 0 Å². The number of fused-ring (bicyclic) bond motifs is 3. The lowest BCUT2D eigenvalue weighted by Crippen LogP contribution is -2.05. The Balaban J connectivity index is 1.80. The predicted molar refractivity (Wildman–Crippen MR) is 97.5 cm³/mol. The highest BCUT2D eigenvalue weighted by atomic mass is 32.1. The van der Waals surface area contributed by atoms with Crippen LogP contribution >= 0.6 is 11.3 Å². The van der Waals surface area contributed by atoms with Crippen LogP contribution in [0.5, 0.6) is 5.75 Å². The van der Waals surface area contributed by atoms with E-state index < -0.39 is 0 Å². The van der Waals surface area contributed by atoms with Gasteiger partial charge in [0.25, 0.3) is 0 Å². The number of hydrogen-bond acceptors (Lipinski definition) is 7. The minimum atomic E-state index is -0.384. The summed E-state index contributed by atoms with van der Waals surface area (Å²) in [5.41, 5.74) is 2.22. The smallest absolute Gasteiger partial charge is 0.337 e. The predicted octanol–water partition coefficient (Wildman–Crippen LogP) is 3.37. The van der Waals surface area contributed by atoms with Gasteiger partial charge in [-0.25, -0.2) is 19.4 Å². The SMILES string of the molecule is COC(=O)c1ccc2c(c1)OCCc1sc(-c3ncnn3C(C)C)nc1-2. The maximum Gasteiger partial charge on any atom is 0.337 e. The molecule has 3 aromatic rings. The Bertz CT molecular complexity index is 977. The van der Waals surface area contributed by atoms with Gasteiger partial charge in [0.05, 0.1) is 25.0 Å². The first kappa shape index (κ1) is 16.7. The van der Waals surface area contributed by atoms with E-state index in [4.69, 9.17) is 14.5 Å². The van der Waals surface area contributed by atoms with E-state index in [1.165, 1.54) is 7.11 Å². The third kappa shape index (κ3) is 2.76. The van der Waals surface area contributed by atoms with Gasteiger partial charge in [-0.05, 0) is 32.0 Å². The number of carbonyl (C=O) groups is 1. The van der Waals surface area contributed by atoms with Crippen molar-refractivity contribution in [1.29, 1.82) is 0 Å². The molecule has 1 aliphatic rings. The van der Waals surface area contributed by atoms with Crippen molar-refractivity contribution in [2.75, 3.05) is 13.7 Å². The quantitative estimate of drug-likeness (QED) is 0.658. The zero-order valence-corrected chi connectivity index (χ0v) is 15.5. The van der Waals surface area contributed by atoms with Gasteiger partial charge in [-0.15, -0.1) is 11.3 Å². The second-order valence-corrected chi connectivity index (χ2v) is 7.30. The Morgan fingerprint density at radius 2 is 2.23 bits per heavy atom. The summed E-state index contributed by atoms with van der Waals surface area (Å²) in [5, 5.41) is 5.14. The number of thiazole rings is 1. The lowest BCUT2D eigenvalue weighted by molar-refractivity contribution is 0.0600. The fraction of sp³-hybridized carbons (Fsp3) is 0.333. The van der Waals surface area contributed by atoms with E-state index in [-0.39, 0.29) is 12.0 Å². The van der Waals surface area contributed by atoms with Gasteiger partial charge in [-0.1, -0.05) is 0 Å². The van der Waals surface area contributed by atoms with Gasteiger partial charge in [0.2, 0.25) is 0 Å². The van der Waals surface area contributed by atoms with Gasteiger partial charge in [0.15, 0.2) is 10.8 Å². The molecule has 0 bridgehead atoms. The third-order valence-corrected chi connectivity index (χ3v) is 5.31. The number of ether oxygens (including phenoxy) is 2. The summed E-state index contributed by atoms with van der Waals surface area (Å²) in [5.74, 6) is 1.03. The second kappa shape index (κ2) is 6.53. The molecule has 134 valence electrons. The molecule has 0 saturated carbocycles. The van der Waals surface area contributed by atoms with Crippen molar-refractivity contribution < 1.29 is 14.3 Å². The molecule has 2 aromatic heterocycles. The molecule has 0 unspecified atom stereocenters. The highest BCUT2D eigenvalue weighted by Gasteiger charge is 2.24. The number of aromatic nitrogens is 4. The number of benzene rings is 1. The first-order valence-corrected chi connectivity index (χ1v) is 9.15. The van der Waals surface area contributed by atoms with E-state index >= 15 is 0 Å². The highest BCUT2D eigenvalue weighted by molar-refractivity contribution is 7.15. The fourth-order valence-corrected chi connectivity index (χ4v) is 3.99. The molecule has 0 N–H and O–H groups in total. The van der Waals surface area contributed by atoms with Crippen molar-refractivity contribution in [3.05, 3.63) is 35.0 Å². The monoisotopic (exact) mass is 370 g/mol. The Morgan fingerprint density at radius 3 is 3.00 bits per heavy atom. The molecule has 7 nitrogen and oxygen atoms in total. The van der Waals surface area contributed by atoms with Crippen LogP contribution in [0.15, 0.2) is 24.5 Å². The molecule has 0 spiro atoms. The van der Waals surface area contributed by atoms with Crippen LogP contribution in [0.4, 0.5) is 0 Å². The van der Waals surface area contributed by atoms with Crippen LogP contribution < -0.4 is 4.74 Å². The van der Waals surface area contributed by atoms with E-state index in [1.54, 1.807) is 29.8 Å². The number of nitrogens with zero attached hydrogens (tertiary/aromatic N) is 4. The van der Waals surface area contributed by atoms with Gasteiger partial charge < -0.3 is 9.47 Å². The molecular formula is C18H18N4O3S. The van der Waals surface area contributed by atoms with Gasteiger partial charge in [0.1, 0.15) is 12.1 Å². The molecule has 0 radical (unpaired) electrons. The molecule has 0 aliphatic carbocycles.